The van der Waals surface area contributed by atoms with E-state index >= 15 is 0 Å². The van der Waals surface area contributed by atoms with Crippen molar-refractivity contribution in [2.75, 3.05) is 0 Å². The summed E-state index contributed by atoms with van der Waals surface area (Å²) in [5.74, 6) is 1.59. The summed E-state index contributed by atoms with van der Waals surface area (Å²) in [5, 5.41) is 3.69. The lowest BCUT2D eigenvalue weighted by atomic mass is 9.75. The fraction of sp³-hybridized carbons (Fsp3) is 0.458. The van der Waals surface area contributed by atoms with Gasteiger partial charge in [0.05, 0.1) is 12.1 Å². The molecule has 0 unspecified atom stereocenters. The van der Waals surface area contributed by atoms with Gasteiger partial charge in [0.2, 0.25) is 0 Å². The minimum Gasteiger partial charge on any atom is -0.741 e. The molecule has 3 N–H and O–H groups in total. The summed E-state index contributed by atoms with van der Waals surface area (Å²) in [5.41, 5.74) is 5.34. The van der Waals surface area contributed by atoms with Crippen LogP contribution in [0.25, 0.3) is 0 Å². The molecule has 2 heterocycles. The quantitative estimate of drug-likeness (QED) is 0.386. The normalized spacial score (nSPS) is 25.9. The molecule has 1 aliphatic carbocycles. The second kappa shape index (κ2) is 9.58. The zero-order valence-corrected chi connectivity index (χ0v) is 19.4. The van der Waals surface area contributed by atoms with Crippen molar-refractivity contribution in [2.45, 2.75) is 62.2 Å². The monoisotopic (exact) mass is 495 g/mol. The Hall–Kier alpha value is -2.59. The average Bonchev–Trinajstić information content (AvgIpc) is 3.22. The van der Waals surface area contributed by atoms with E-state index in [9.17, 15) is 13.2 Å². The highest BCUT2D eigenvalue weighted by Crippen LogP contribution is 2.43. The molecule has 0 bridgehead atoms. The number of hydrogen-bond donors (Lipinski definition) is 2. The minimum absolute atomic E-state index is 0.397. The maximum Gasteiger partial charge on any atom is 0.485 e. The molecular weight excluding hydrogens is 467 g/mol. The fourth-order valence-electron chi connectivity index (χ4n) is 5.59. The molecule has 0 amide bonds. The van der Waals surface area contributed by atoms with Gasteiger partial charge < -0.3 is 4.55 Å². The van der Waals surface area contributed by atoms with E-state index < -0.39 is 15.6 Å². The number of hydrogen-bond acceptors (Lipinski definition) is 5. The van der Waals surface area contributed by atoms with Gasteiger partial charge in [-0.3, -0.25) is 15.6 Å². The largest absolute Gasteiger partial charge is 0.741 e. The molecule has 10 heteroatoms. The summed E-state index contributed by atoms with van der Waals surface area (Å²) in [7, 11) is -6.09. The van der Waals surface area contributed by atoms with E-state index in [0.29, 0.717) is 24.0 Å². The first-order valence-electron chi connectivity index (χ1n) is 11.4. The zero-order valence-electron chi connectivity index (χ0n) is 18.5. The van der Waals surface area contributed by atoms with E-state index in [2.05, 4.69) is 64.5 Å². The number of guanidine groups is 1. The van der Waals surface area contributed by atoms with Gasteiger partial charge in [0.25, 0.3) is 0 Å². The van der Waals surface area contributed by atoms with Crippen molar-refractivity contribution in [1.82, 2.24) is 5.32 Å². The summed E-state index contributed by atoms with van der Waals surface area (Å²) in [6, 6.07) is 21.3. The van der Waals surface area contributed by atoms with Crippen molar-refractivity contribution in [3.8, 4) is 0 Å². The Morgan fingerprint density at radius 3 is 2.35 bits per heavy atom. The van der Waals surface area contributed by atoms with Gasteiger partial charge in [-0.05, 0) is 55.2 Å². The van der Waals surface area contributed by atoms with Crippen LogP contribution in [-0.4, -0.2) is 41.1 Å². The third kappa shape index (κ3) is 5.07. The zero-order chi connectivity index (χ0) is 24.5. The lowest BCUT2D eigenvalue weighted by molar-refractivity contribution is -0.596. The highest BCUT2D eigenvalue weighted by molar-refractivity contribution is 7.86. The van der Waals surface area contributed by atoms with Crippen LogP contribution in [0.15, 0.2) is 54.6 Å². The number of alkyl halides is 3. The average molecular weight is 496 g/mol. The molecule has 0 radical (unpaired) electrons. The van der Waals surface area contributed by atoms with Gasteiger partial charge in [-0.25, -0.2) is 8.42 Å². The number of aryl methyl sites for hydroxylation is 2. The van der Waals surface area contributed by atoms with Crippen molar-refractivity contribution in [3.63, 3.8) is 0 Å². The van der Waals surface area contributed by atoms with Crippen LogP contribution in [0.2, 0.25) is 0 Å². The molecule has 1 fully saturated rings. The smallest absolute Gasteiger partial charge is 0.485 e. The molecule has 34 heavy (non-hydrogen) atoms. The molecule has 0 aromatic heterocycles. The minimum atomic E-state index is -6.09. The third-order valence-electron chi connectivity index (χ3n) is 7.08. The van der Waals surface area contributed by atoms with Crippen LogP contribution in [0.3, 0.4) is 0 Å². The van der Waals surface area contributed by atoms with Crippen molar-refractivity contribution < 1.29 is 30.7 Å². The number of nitrogens with two attached hydrogens (primary N) is 1. The van der Waals surface area contributed by atoms with Crippen LogP contribution in [-0.2, 0) is 23.0 Å². The Kier molecular flexibility index (Phi) is 6.91. The van der Waals surface area contributed by atoms with Crippen molar-refractivity contribution in [3.05, 3.63) is 71.3 Å². The van der Waals surface area contributed by atoms with E-state index in [0.717, 1.165) is 12.4 Å². The number of halogens is 3. The topological polar surface area (TPSA) is 98.3 Å². The Labute approximate surface area is 197 Å². The van der Waals surface area contributed by atoms with Gasteiger partial charge in [0.15, 0.2) is 10.1 Å². The van der Waals surface area contributed by atoms with Crippen LogP contribution < -0.4 is 11.1 Å². The molecule has 0 saturated carbocycles. The molecule has 2 aromatic rings. The third-order valence-corrected chi connectivity index (χ3v) is 7.65. The Morgan fingerprint density at radius 2 is 1.68 bits per heavy atom. The fourth-order valence-corrected chi connectivity index (χ4v) is 5.59. The first-order valence-corrected chi connectivity index (χ1v) is 12.8. The summed E-state index contributed by atoms with van der Waals surface area (Å²) in [4.78, 5) is 0. The number of rotatable bonds is 3. The van der Waals surface area contributed by atoms with Gasteiger partial charge in [0, 0.05) is 5.92 Å². The van der Waals surface area contributed by atoms with Crippen LogP contribution in [0, 0.1) is 5.92 Å². The molecular formula is C24H28F3N3O3S. The first kappa shape index (κ1) is 24.5. The number of nitrogens with one attached hydrogen (secondary N) is 1. The maximum atomic E-state index is 10.7. The van der Waals surface area contributed by atoms with Gasteiger partial charge in [-0.1, -0.05) is 54.6 Å². The molecule has 3 aliphatic rings. The molecule has 0 spiro atoms. The number of benzene rings is 2. The summed E-state index contributed by atoms with van der Waals surface area (Å²) in [6.45, 7) is 0. The molecule has 1 saturated heterocycles. The van der Waals surface area contributed by atoms with Crippen LogP contribution >= 0.6 is 0 Å². The lowest BCUT2D eigenvalue weighted by Crippen LogP contribution is -2.57. The number of fused-ring (bicyclic) bond motifs is 5. The van der Waals surface area contributed by atoms with Crippen molar-refractivity contribution in [1.29, 1.82) is 0 Å². The summed E-state index contributed by atoms with van der Waals surface area (Å²) < 4.78 is 61.4. The van der Waals surface area contributed by atoms with Gasteiger partial charge in [0.1, 0.15) is 6.04 Å². The second-order valence-electron chi connectivity index (χ2n) is 9.04. The lowest BCUT2D eigenvalue weighted by Gasteiger charge is -2.40. The van der Waals surface area contributed by atoms with Crippen molar-refractivity contribution in [2.24, 2.45) is 11.7 Å². The van der Waals surface area contributed by atoms with E-state index in [4.69, 9.17) is 18.7 Å². The first-order chi connectivity index (χ1) is 16.1. The van der Waals surface area contributed by atoms with Crippen LogP contribution in [0.5, 0.6) is 0 Å². The summed E-state index contributed by atoms with van der Waals surface area (Å²) >= 11 is 0. The Morgan fingerprint density at radius 1 is 1.03 bits per heavy atom. The summed E-state index contributed by atoms with van der Waals surface area (Å²) in [6.07, 6.45) is 7.36. The van der Waals surface area contributed by atoms with E-state index in [1.807, 2.05) is 0 Å². The Balaban J connectivity index is 0.000000297. The van der Waals surface area contributed by atoms with Gasteiger partial charge in [-0.2, -0.15) is 13.2 Å². The SMILES string of the molecule is NC1=[N+]2[C@@H](CCc3ccccc3)CC[C@@H]2[C@@H]2CCc3ccccc3[C@@H]2N1.O=S(=O)([O-])C(F)(F)F. The molecule has 4 atom stereocenters. The highest BCUT2D eigenvalue weighted by atomic mass is 32.2. The van der Waals surface area contributed by atoms with E-state index in [-0.39, 0.29) is 0 Å². The molecule has 2 aliphatic heterocycles. The molecule has 184 valence electrons. The maximum absolute atomic E-state index is 10.7. The number of nitrogens with zero attached hydrogens (tertiary/aromatic N) is 1. The molecule has 2 aromatic carbocycles. The predicted molar refractivity (Wildman–Crippen MR) is 121 cm³/mol. The molecule has 6 nitrogen and oxygen atoms in total. The Bertz CT molecular complexity index is 1150. The van der Waals surface area contributed by atoms with Gasteiger partial charge >= 0.3 is 11.5 Å². The highest BCUT2D eigenvalue weighted by Gasteiger charge is 2.48. The predicted octanol–water partition coefficient (Wildman–Crippen LogP) is 3.44. The van der Waals surface area contributed by atoms with E-state index in [1.54, 1.807) is 0 Å². The van der Waals surface area contributed by atoms with Crippen LogP contribution in [0.4, 0.5) is 13.2 Å². The van der Waals surface area contributed by atoms with E-state index in [1.165, 1.54) is 48.8 Å². The molecule has 5 rings (SSSR count). The van der Waals surface area contributed by atoms with Crippen LogP contribution in [0.1, 0.15) is 48.4 Å². The standard InChI is InChI=1S/C23H27N3.CHF3O3S/c24-23-25-22-19-9-5-4-8-17(19)11-14-20(22)21-15-13-18(26(21)23)12-10-16-6-2-1-3-7-16;2-1(3,4)8(5,6)7/h1-9,18,20-22H,10-15H2,(H2,24,25);(H,5,6,7)/t18-,20-,21+,22-;/m0./s1. The second-order valence-corrected chi connectivity index (χ2v) is 10.4. The van der Waals surface area contributed by atoms with Gasteiger partial charge in [-0.15, -0.1) is 0 Å². The van der Waals surface area contributed by atoms with Crippen molar-refractivity contribution >= 4 is 16.1 Å².